The first-order valence-corrected chi connectivity index (χ1v) is 8.39. The maximum atomic E-state index is 12.2. The molecule has 0 fully saturated rings. The van der Waals surface area contributed by atoms with E-state index in [0.29, 0.717) is 29.3 Å². The second kappa shape index (κ2) is 7.21. The Morgan fingerprint density at radius 1 is 1.04 bits per heavy atom. The highest BCUT2D eigenvalue weighted by Crippen LogP contribution is 2.30. The van der Waals surface area contributed by atoms with Gasteiger partial charge in [0.25, 0.3) is 11.8 Å². The maximum Gasteiger partial charge on any atom is 0.291 e. The molecule has 2 heterocycles. The number of hydrogen-bond acceptors (Lipinski definition) is 4. The first-order valence-electron chi connectivity index (χ1n) is 8.39. The van der Waals surface area contributed by atoms with Crippen molar-refractivity contribution in [2.75, 3.05) is 5.32 Å². The van der Waals surface area contributed by atoms with E-state index in [0.717, 1.165) is 5.56 Å². The normalized spacial score (nSPS) is 14.2. The third-order valence-electron chi connectivity index (χ3n) is 4.05. The number of anilines is 1. The third-order valence-corrected chi connectivity index (χ3v) is 4.05. The van der Waals surface area contributed by atoms with Crippen LogP contribution in [0.3, 0.4) is 0 Å². The molecule has 0 atom stereocenters. The van der Waals surface area contributed by atoms with Gasteiger partial charge in [0.15, 0.2) is 11.5 Å². The second-order valence-corrected chi connectivity index (χ2v) is 5.94. The number of fused-ring (bicyclic) bond motifs is 1. The van der Waals surface area contributed by atoms with Crippen LogP contribution in [-0.2, 0) is 11.3 Å². The molecule has 1 aliphatic rings. The van der Waals surface area contributed by atoms with E-state index in [-0.39, 0.29) is 17.6 Å². The average Bonchev–Trinajstić information content (AvgIpc) is 3.21. The van der Waals surface area contributed by atoms with Crippen LogP contribution in [0.2, 0.25) is 0 Å². The van der Waals surface area contributed by atoms with E-state index in [2.05, 4.69) is 10.6 Å². The molecular weight excluding hydrogens is 344 g/mol. The van der Waals surface area contributed by atoms with Crippen LogP contribution in [0.15, 0.2) is 77.1 Å². The zero-order valence-electron chi connectivity index (χ0n) is 14.3. The summed E-state index contributed by atoms with van der Waals surface area (Å²) in [6.07, 6.45) is 3.20. The molecular formula is C21H16N2O4. The van der Waals surface area contributed by atoms with Gasteiger partial charge in [-0.2, -0.15) is 0 Å². The van der Waals surface area contributed by atoms with Crippen LogP contribution >= 0.6 is 0 Å². The lowest BCUT2D eigenvalue weighted by atomic mass is 10.1. The van der Waals surface area contributed by atoms with Crippen molar-refractivity contribution in [3.05, 3.63) is 89.6 Å². The molecule has 134 valence electrons. The number of carbonyl (C=O) groups excluding carboxylic acids is 2. The number of carbonyl (C=O) groups is 2. The van der Waals surface area contributed by atoms with Crippen LogP contribution in [0.4, 0.5) is 5.69 Å². The number of hydrogen-bond donors (Lipinski definition) is 2. The highest BCUT2D eigenvalue weighted by atomic mass is 16.5. The van der Waals surface area contributed by atoms with E-state index < -0.39 is 0 Å². The zero-order valence-corrected chi connectivity index (χ0v) is 14.3. The van der Waals surface area contributed by atoms with Crippen molar-refractivity contribution in [2.24, 2.45) is 0 Å². The molecule has 0 saturated heterocycles. The number of ether oxygens (including phenoxy) is 1. The Balaban J connectivity index is 1.45. The fraction of sp³-hybridized carbons (Fsp3) is 0.0476. The Kier molecular flexibility index (Phi) is 4.45. The fourth-order valence-electron chi connectivity index (χ4n) is 2.67. The molecule has 4 rings (SSSR count). The smallest absolute Gasteiger partial charge is 0.291 e. The van der Waals surface area contributed by atoms with E-state index in [1.54, 1.807) is 60.9 Å². The van der Waals surface area contributed by atoms with Gasteiger partial charge in [-0.15, -0.1) is 0 Å². The summed E-state index contributed by atoms with van der Waals surface area (Å²) >= 11 is 0. The summed E-state index contributed by atoms with van der Waals surface area (Å²) in [6.45, 7) is 0.324. The molecule has 0 unspecified atom stereocenters. The van der Waals surface area contributed by atoms with Gasteiger partial charge in [0.1, 0.15) is 5.76 Å². The summed E-state index contributed by atoms with van der Waals surface area (Å²) in [5, 5.41) is 5.57. The molecule has 2 amide bonds. The summed E-state index contributed by atoms with van der Waals surface area (Å²) in [5.74, 6) is 0.964. The summed E-state index contributed by atoms with van der Waals surface area (Å²) in [5.41, 5.74) is 1.91. The molecule has 0 aliphatic carbocycles. The fourth-order valence-corrected chi connectivity index (χ4v) is 2.67. The van der Waals surface area contributed by atoms with Gasteiger partial charge in [-0.25, -0.2) is 0 Å². The van der Waals surface area contributed by atoms with Crippen molar-refractivity contribution in [1.82, 2.24) is 5.32 Å². The lowest BCUT2D eigenvalue weighted by Crippen LogP contribution is -2.23. The molecule has 0 saturated carbocycles. The van der Waals surface area contributed by atoms with Gasteiger partial charge in [-0.1, -0.05) is 24.3 Å². The van der Waals surface area contributed by atoms with Gasteiger partial charge in [0, 0.05) is 5.56 Å². The van der Waals surface area contributed by atoms with Crippen LogP contribution in [0, 0.1) is 0 Å². The van der Waals surface area contributed by atoms with E-state index in [1.807, 2.05) is 12.1 Å². The number of benzene rings is 2. The van der Waals surface area contributed by atoms with E-state index in [4.69, 9.17) is 9.15 Å². The Morgan fingerprint density at radius 3 is 2.63 bits per heavy atom. The van der Waals surface area contributed by atoms with Crippen LogP contribution in [0.1, 0.15) is 21.7 Å². The Hall–Kier alpha value is -3.80. The largest absolute Gasteiger partial charge is 0.467 e. The van der Waals surface area contributed by atoms with Crippen molar-refractivity contribution >= 4 is 23.6 Å². The van der Waals surface area contributed by atoms with Crippen LogP contribution in [-0.4, -0.2) is 11.8 Å². The molecule has 2 aromatic carbocycles. The topological polar surface area (TPSA) is 80.6 Å². The Morgan fingerprint density at radius 2 is 1.85 bits per heavy atom. The molecule has 1 aliphatic heterocycles. The minimum absolute atomic E-state index is 0.198. The number of amides is 2. The molecule has 0 radical (unpaired) electrons. The minimum Gasteiger partial charge on any atom is -0.467 e. The number of nitrogens with one attached hydrogen (secondary N) is 2. The van der Waals surface area contributed by atoms with Gasteiger partial charge in [0.2, 0.25) is 0 Å². The SMILES string of the molecule is O=C1Nc2ccccc2OC1=Cc1ccc(C(=O)NCc2ccco2)cc1. The average molecular weight is 360 g/mol. The van der Waals surface area contributed by atoms with Crippen molar-refractivity contribution in [1.29, 1.82) is 0 Å². The van der Waals surface area contributed by atoms with E-state index in [9.17, 15) is 9.59 Å². The lowest BCUT2D eigenvalue weighted by molar-refractivity contribution is -0.115. The summed E-state index contributed by atoms with van der Waals surface area (Å²) in [4.78, 5) is 24.3. The lowest BCUT2D eigenvalue weighted by Gasteiger charge is -2.19. The summed E-state index contributed by atoms with van der Waals surface area (Å²) in [6, 6.07) is 17.7. The van der Waals surface area contributed by atoms with E-state index in [1.165, 1.54) is 0 Å². The van der Waals surface area contributed by atoms with Crippen LogP contribution in [0.25, 0.3) is 6.08 Å². The number of rotatable bonds is 4. The monoisotopic (exact) mass is 360 g/mol. The van der Waals surface area contributed by atoms with Crippen molar-refractivity contribution in [3.8, 4) is 5.75 Å². The van der Waals surface area contributed by atoms with Gasteiger partial charge in [0.05, 0.1) is 18.5 Å². The van der Waals surface area contributed by atoms with Crippen molar-refractivity contribution < 1.29 is 18.7 Å². The Labute approximate surface area is 155 Å². The van der Waals surface area contributed by atoms with Gasteiger partial charge in [-0.3, -0.25) is 9.59 Å². The molecule has 2 N–H and O–H groups in total. The van der Waals surface area contributed by atoms with Crippen LogP contribution < -0.4 is 15.4 Å². The van der Waals surface area contributed by atoms with Crippen molar-refractivity contribution in [3.63, 3.8) is 0 Å². The minimum atomic E-state index is -0.311. The molecule has 6 heteroatoms. The Bertz CT molecular complexity index is 1000. The molecule has 1 aromatic heterocycles. The highest BCUT2D eigenvalue weighted by molar-refractivity contribution is 6.08. The van der Waals surface area contributed by atoms with Gasteiger partial charge >= 0.3 is 0 Å². The first-order chi connectivity index (χ1) is 13.2. The second-order valence-electron chi connectivity index (χ2n) is 5.94. The van der Waals surface area contributed by atoms with Gasteiger partial charge in [-0.05, 0) is 48.0 Å². The molecule has 0 bridgehead atoms. The molecule has 6 nitrogen and oxygen atoms in total. The predicted octanol–water partition coefficient (Wildman–Crippen LogP) is 3.58. The zero-order chi connectivity index (χ0) is 18.6. The van der Waals surface area contributed by atoms with Crippen LogP contribution in [0.5, 0.6) is 5.75 Å². The number of para-hydroxylation sites is 2. The highest BCUT2D eigenvalue weighted by Gasteiger charge is 2.21. The summed E-state index contributed by atoms with van der Waals surface area (Å²) < 4.78 is 10.8. The molecule has 27 heavy (non-hydrogen) atoms. The quantitative estimate of drug-likeness (QED) is 0.697. The molecule has 0 spiro atoms. The summed E-state index contributed by atoms with van der Waals surface area (Å²) in [7, 11) is 0. The third kappa shape index (κ3) is 3.74. The predicted molar refractivity (Wildman–Crippen MR) is 100.0 cm³/mol. The van der Waals surface area contributed by atoms with E-state index >= 15 is 0 Å². The standard InChI is InChI=1S/C21H16N2O4/c24-20(22-13-16-4-3-11-26-16)15-9-7-14(8-10-15)12-19-21(25)23-17-5-1-2-6-18(17)27-19/h1-12H,13H2,(H,22,24)(H,23,25). The first kappa shape index (κ1) is 16.7. The van der Waals surface area contributed by atoms with Crippen molar-refractivity contribution in [2.45, 2.75) is 6.54 Å². The number of furan rings is 1. The van der Waals surface area contributed by atoms with Gasteiger partial charge < -0.3 is 19.8 Å². The molecule has 3 aromatic rings. The maximum absolute atomic E-state index is 12.2.